The van der Waals surface area contributed by atoms with Crippen LogP contribution < -0.4 is 14.2 Å². The minimum absolute atomic E-state index is 0.194. The maximum absolute atomic E-state index is 12.8. The Balaban J connectivity index is 1.72. The molecule has 0 radical (unpaired) electrons. The van der Waals surface area contributed by atoms with Gasteiger partial charge in [0.05, 0.1) is 28.7 Å². The number of halogens is 1. The van der Waals surface area contributed by atoms with Gasteiger partial charge >= 0.3 is 0 Å². The second-order valence-corrected chi connectivity index (χ2v) is 9.07. The van der Waals surface area contributed by atoms with Gasteiger partial charge in [-0.1, -0.05) is 12.1 Å². The van der Waals surface area contributed by atoms with E-state index >= 15 is 0 Å². The summed E-state index contributed by atoms with van der Waals surface area (Å²) >= 11 is 3.09. The Hall–Kier alpha value is -2.20. The number of benzene rings is 2. The van der Waals surface area contributed by atoms with Crippen LogP contribution in [0.2, 0.25) is 0 Å². The van der Waals surface area contributed by atoms with Crippen molar-refractivity contribution in [1.82, 2.24) is 4.90 Å². The van der Waals surface area contributed by atoms with E-state index in [1.54, 1.807) is 13.2 Å². The van der Waals surface area contributed by atoms with Gasteiger partial charge in [-0.25, -0.2) is 0 Å². The molecule has 1 aliphatic heterocycles. The normalized spacial score (nSPS) is 15.0. The predicted molar refractivity (Wildman–Crippen MR) is 131 cm³/mol. The second-order valence-electron chi connectivity index (χ2n) is 6.92. The molecule has 6 nitrogen and oxygen atoms in total. The quantitative estimate of drug-likeness (QED) is 0.321. The minimum atomic E-state index is -0.316. The number of amides is 2. The zero-order chi connectivity index (χ0) is 22.5. The molecule has 0 saturated carbocycles. The van der Waals surface area contributed by atoms with Gasteiger partial charge in [0.25, 0.3) is 11.1 Å². The summed E-state index contributed by atoms with van der Waals surface area (Å²) in [6.45, 7) is 6.77. The van der Waals surface area contributed by atoms with Crippen LogP contribution in [-0.2, 0) is 4.79 Å². The summed E-state index contributed by atoms with van der Waals surface area (Å²) in [7, 11) is 1.59. The summed E-state index contributed by atoms with van der Waals surface area (Å²) in [4.78, 5) is 26.8. The number of hydrogen-bond acceptors (Lipinski definition) is 6. The van der Waals surface area contributed by atoms with Crippen molar-refractivity contribution in [2.75, 3.05) is 26.9 Å². The topological polar surface area (TPSA) is 65.1 Å². The van der Waals surface area contributed by atoms with Crippen LogP contribution in [0.3, 0.4) is 0 Å². The van der Waals surface area contributed by atoms with Crippen molar-refractivity contribution in [2.45, 2.75) is 20.8 Å². The van der Waals surface area contributed by atoms with Crippen LogP contribution in [0.25, 0.3) is 6.08 Å². The molecule has 1 heterocycles. The van der Waals surface area contributed by atoms with E-state index in [4.69, 9.17) is 14.2 Å². The lowest BCUT2D eigenvalue weighted by Gasteiger charge is -2.14. The first-order chi connectivity index (χ1) is 14.8. The molecule has 2 aromatic carbocycles. The van der Waals surface area contributed by atoms with E-state index in [9.17, 15) is 9.59 Å². The minimum Gasteiger partial charge on any atom is -0.492 e. The largest absolute Gasteiger partial charge is 0.492 e. The third-order valence-electron chi connectivity index (χ3n) is 4.62. The average molecular weight is 553 g/mol. The van der Waals surface area contributed by atoms with Gasteiger partial charge in [0.2, 0.25) is 0 Å². The molecule has 0 bridgehead atoms. The number of nitrogens with zero attached hydrogens (tertiary/aromatic N) is 1. The molecule has 0 aliphatic carbocycles. The van der Waals surface area contributed by atoms with Crippen LogP contribution in [0, 0.1) is 17.4 Å². The highest BCUT2D eigenvalue weighted by molar-refractivity contribution is 14.1. The number of carbonyl (C=O) groups excluding carboxylic acids is 2. The molecule has 1 saturated heterocycles. The van der Waals surface area contributed by atoms with E-state index in [0.29, 0.717) is 23.0 Å². The lowest BCUT2D eigenvalue weighted by molar-refractivity contribution is -0.123. The van der Waals surface area contributed by atoms with Crippen molar-refractivity contribution < 1.29 is 23.8 Å². The predicted octanol–water partition coefficient (Wildman–Crippen LogP) is 5.43. The van der Waals surface area contributed by atoms with Gasteiger partial charge in [-0.05, 0) is 96.1 Å². The number of imide groups is 1. The highest BCUT2D eigenvalue weighted by Crippen LogP contribution is 2.37. The van der Waals surface area contributed by atoms with Crippen molar-refractivity contribution in [3.63, 3.8) is 0 Å². The van der Waals surface area contributed by atoms with Crippen LogP contribution in [-0.4, -0.2) is 42.9 Å². The first kappa shape index (κ1) is 23.5. The summed E-state index contributed by atoms with van der Waals surface area (Å²) in [6, 6.07) is 9.65. The molecule has 0 aromatic heterocycles. The number of ether oxygens (including phenoxy) is 3. The van der Waals surface area contributed by atoms with Crippen LogP contribution >= 0.6 is 34.4 Å². The second kappa shape index (κ2) is 10.4. The fourth-order valence-electron chi connectivity index (χ4n) is 3.09. The molecule has 3 rings (SSSR count). The summed E-state index contributed by atoms with van der Waals surface area (Å²) in [5, 5.41) is -0.297. The molecule has 2 aromatic rings. The van der Waals surface area contributed by atoms with Gasteiger partial charge in [-0.2, -0.15) is 0 Å². The van der Waals surface area contributed by atoms with Crippen LogP contribution in [0.1, 0.15) is 23.6 Å². The molecule has 164 valence electrons. The Labute approximate surface area is 200 Å². The van der Waals surface area contributed by atoms with Gasteiger partial charge in [0, 0.05) is 0 Å². The lowest BCUT2D eigenvalue weighted by Crippen LogP contribution is -2.32. The SMILES string of the molecule is CCOc1cc(/C=C2\SC(=O)N(CCOc3cc(C)ccc3C)C2=O)cc(I)c1OC. The fourth-order valence-corrected chi connectivity index (χ4v) is 4.80. The zero-order valence-electron chi connectivity index (χ0n) is 17.9. The van der Waals surface area contributed by atoms with E-state index < -0.39 is 0 Å². The van der Waals surface area contributed by atoms with Crippen molar-refractivity contribution in [1.29, 1.82) is 0 Å². The Morgan fingerprint density at radius 3 is 2.58 bits per heavy atom. The molecule has 0 N–H and O–H groups in total. The molecule has 0 unspecified atom stereocenters. The third kappa shape index (κ3) is 5.54. The lowest BCUT2D eigenvalue weighted by atomic mass is 10.1. The van der Waals surface area contributed by atoms with Gasteiger partial charge in [0.1, 0.15) is 12.4 Å². The summed E-state index contributed by atoms with van der Waals surface area (Å²) in [6.07, 6.45) is 1.71. The van der Waals surface area contributed by atoms with Gasteiger partial charge in [0.15, 0.2) is 11.5 Å². The first-order valence-electron chi connectivity index (χ1n) is 9.79. The number of carbonyl (C=O) groups is 2. The van der Waals surface area contributed by atoms with Crippen LogP contribution in [0.5, 0.6) is 17.2 Å². The number of methoxy groups -OCH3 is 1. The van der Waals surface area contributed by atoms with E-state index in [0.717, 1.165) is 37.8 Å². The van der Waals surface area contributed by atoms with E-state index in [2.05, 4.69) is 22.6 Å². The van der Waals surface area contributed by atoms with E-state index in [1.165, 1.54) is 4.90 Å². The van der Waals surface area contributed by atoms with Crippen molar-refractivity contribution >= 4 is 51.6 Å². The van der Waals surface area contributed by atoms with Crippen molar-refractivity contribution in [3.8, 4) is 17.2 Å². The number of hydrogen-bond donors (Lipinski definition) is 0. The van der Waals surface area contributed by atoms with Gasteiger partial charge in [-0.3, -0.25) is 14.5 Å². The molecule has 8 heteroatoms. The molecule has 0 spiro atoms. The first-order valence-corrected chi connectivity index (χ1v) is 11.7. The van der Waals surface area contributed by atoms with Crippen molar-refractivity contribution in [3.05, 3.63) is 55.5 Å². The Kier molecular flexibility index (Phi) is 7.88. The third-order valence-corrected chi connectivity index (χ3v) is 6.33. The summed E-state index contributed by atoms with van der Waals surface area (Å²) in [5.41, 5.74) is 2.87. The maximum atomic E-state index is 12.8. The number of thioether (sulfide) groups is 1. The maximum Gasteiger partial charge on any atom is 0.293 e. The number of aryl methyl sites for hydroxylation is 2. The summed E-state index contributed by atoms with van der Waals surface area (Å²) < 4.78 is 17.7. The molecule has 2 amide bonds. The van der Waals surface area contributed by atoms with Gasteiger partial charge < -0.3 is 14.2 Å². The monoisotopic (exact) mass is 553 g/mol. The number of rotatable bonds is 8. The molecular formula is C23H24INO5S. The molecular weight excluding hydrogens is 529 g/mol. The molecule has 0 atom stereocenters. The zero-order valence-corrected chi connectivity index (χ0v) is 20.8. The van der Waals surface area contributed by atoms with Crippen LogP contribution in [0.15, 0.2) is 35.2 Å². The van der Waals surface area contributed by atoms with Crippen molar-refractivity contribution in [2.24, 2.45) is 0 Å². The van der Waals surface area contributed by atoms with E-state index in [1.807, 2.05) is 51.1 Å². The molecule has 1 aliphatic rings. The van der Waals surface area contributed by atoms with Crippen LogP contribution in [0.4, 0.5) is 4.79 Å². The summed E-state index contributed by atoms with van der Waals surface area (Å²) in [5.74, 6) is 1.70. The van der Waals surface area contributed by atoms with E-state index in [-0.39, 0.29) is 24.3 Å². The Bertz CT molecular complexity index is 1040. The highest BCUT2D eigenvalue weighted by atomic mass is 127. The Morgan fingerprint density at radius 1 is 1.10 bits per heavy atom. The molecule has 1 fully saturated rings. The highest BCUT2D eigenvalue weighted by Gasteiger charge is 2.35. The van der Waals surface area contributed by atoms with Gasteiger partial charge in [-0.15, -0.1) is 0 Å². The Morgan fingerprint density at radius 2 is 1.87 bits per heavy atom. The smallest absolute Gasteiger partial charge is 0.293 e. The average Bonchev–Trinajstić information content (AvgIpc) is 2.98. The molecule has 31 heavy (non-hydrogen) atoms. The fraction of sp³-hybridized carbons (Fsp3) is 0.304. The standard InChI is InChI=1S/C23H24INO5S/c1-5-29-19-12-16(11-17(24)21(19)28-4)13-20-22(26)25(23(27)31-20)8-9-30-18-10-14(2)6-7-15(18)3/h6-7,10-13H,5,8-9H2,1-4H3/b20-13-.